The number of amidine groups is 1. The van der Waals surface area contributed by atoms with Gasteiger partial charge in [-0.15, -0.1) is 0 Å². The number of aliphatic hydroxyl groups excluding tert-OH is 3. The lowest BCUT2D eigenvalue weighted by Crippen LogP contribution is -2.61. The molecular weight excluding hydrogens is 328 g/mol. The minimum Gasteiger partial charge on any atom is -0.390 e. The molecule has 2 aliphatic heterocycles. The Morgan fingerprint density at radius 2 is 2.00 bits per heavy atom. The highest BCUT2D eigenvalue weighted by atomic mass is 32.2. The van der Waals surface area contributed by atoms with E-state index >= 15 is 0 Å². The van der Waals surface area contributed by atoms with E-state index in [4.69, 9.17) is 4.74 Å². The van der Waals surface area contributed by atoms with E-state index in [2.05, 4.69) is 10.3 Å². The van der Waals surface area contributed by atoms with Gasteiger partial charge in [-0.3, -0.25) is 4.99 Å². The summed E-state index contributed by atoms with van der Waals surface area (Å²) in [6.07, 6.45) is -2.64. The van der Waals surface area contributed by atoms with Crippen LogP contribution >= 0.6 is 11.8 Å². The van der Waals surface area contributed by atoms with Crippen molar-refractivity contribution in [3.05, 3.63) is 35.9 Å². The normalized spacial score (nSPS) is 35.5. The van der Waals surface area contributed by atoms with Gasteiger partial charge in [-0.2, -0.15) is 0 Å². The number of aliphatic hydroxyl groups is 3. The molecule has 2 aliphatic rings. The summed E-state index contributed by atoms with van der Waals surface area (Å²) in [5.74, 6) is 0. The number of aliphatic imine (C=N–C) groups is 1. The number of thioether (sulfide) groups is 1. The maximum Gasteiger partial charge on any atom is 0.159 e. The molecule has 0 spiro atoms. The third kappa shape index (κ3) is 3.75. The second-order valence-corrected chi connectivity index (χ2v) is 7.20. The number of benzene rings is 1. The number of ether oxygens (including phenoxy) is 1. The van der Waals surface area contributed by atoms with Crippen LogP contribution < -0.4 is 5.32 Å². The Balaban J connectivity index is 1.62. The van der Waals surface area contributed by atoms with E-state index in [0.29, 0.717) is 24.6 Å². The predicted molar refractivity (Wildman–Crippen MR) is 93.9 cm³/mol. The molecule has 1 aromatic carbocycles. The van der Waals surface area contributed by atoms with E-state index in [0.717, 1.165) is 5.56 Å². The first kappa shape index (κ1) is 17.7. The van der Waals surface area contributed by atoms with Gasteiger partial charge in [0.25, 0.3) is 0 Å². The third-order valence-corrected chi connectivity index (χ3v) is 5.52. The van der Waals surface area contributed by atoms with Crippen LogP contribution in [0.1, 0.15) is 18.9 Å². The summed E-state index contributed by atoms with van der Waals surface area (Å²) in [4.78, 5) is 4.29. The van der Waals surface area contributed by atoms with Gasteiger partial charge in [-0.05, 0) is 25.3 Å². The van der Waals surface area contributed by atoms with E-state index in [1.807, 2.05) is 37.3 Å². The molecule has 6 atom stereocenters. The van der Waals surface area contributed by atoms with E-state index in [-0.39, 0.29) is 5.44 Å². The van der Waals surface area contributed by atoms with Gasteiger partial charge in [-0.25, -0.2) is 0 Å². The molecule has 1 aromatic rings. The molecule has 0 aliphatic carbocycles. The van der Waals surface area contributed by atoms with Crippen LogP contribution in [0.25, 0.3) is 0 Å². The maximum absolute atomic E-state index is 10.5. The molecule has 132 valence electrons. The lowest BCUT2D eigenvalue weighted by Gasteiger charge is -2.40. The topological polar surface area (TPSA) is 94.3 Å². The summed E-state index contributed by atoms with van der Waals surface area (Å²) in [5, 5.41) is 35.0. The Morgan fingerprint density at radius 3 is 2.71 bits per heavy atom. The van der Waals surface area contributed by atoms with Crippen molar-refractivity contribution in [1.29, 1.82) is 0 Å². The van der Waals surface area contributed by atoms with Crippen LogP contribution in [0.5, 0.6) is 0 Å². The quantitative estimate of drug-likeness (QED) is 0.617. The third-order valence-electron chi connectivity index (χ3n) is 4.41. The molecule has 0 aromatic heterocycles. The molecule has 6 nitrogen and oxygen atoms in total. The van der Waals surface area contributed by atoms with Gasteiger partial charge in [0, 0.05) is 6.54 Å². The van der Waals surface area contributed by atoms with Crippen LogP contribution in [0, 0.1) is 0 Å². The van der Waals surface area contributed by atoms with Gasteiger partial charge in [-0.1, -0.05) is 42.1 Å². The molecule has 0 radical (unpaired) electrons. The van der Waals surface area contributed by atoms with E-state index in [9.17, 15) is 15.3 Å². The fraction of sp³-hybridized carbons (Fsp3) is 0.588. The molecule has 7 heteroatoms. The van der Waals surface area contributed by atoms with Crippen molar-refractivity contribution < 1.29 is 20.1 Å². The average molecular weight is 352 g/mol. The van der Waals surface area contributed by atoms with Crippen LogP contribution in [0.15, 0.2) is 35.3 Å². The Bertz CT molecular complexity index is 571. The van der Waals surface area contributed by atoms with E-state index in [1.165, 1.54) is 11.8 Å². The van der Waals surface area contributed by atoms with Crippen molar-refractivity contribution in [1.82, 2.24) is 5.32 Å². The number of hydrogen-bond acceptors (Lipinski definition) is 6. The van der Waals surface area contributed by atoms with Crippen molar-refractivity contribution in [2.75, 3.05) is 6.54 Å². The zero-order valence-electron chi connectivity index (χ0n) is 13.6. The monoisotopic (exact) mass is 352 g/mol. The van der Waals surface area contributed by atoms with Crippen molar-refractivity contribution in [3.63, 3.8) is 0 Å². The highest BCUT2D eigenvalue weighted by Crippen LogP contribution is 2.35. The standard InChI is InChI=1S/C17H24N2O4S/c1-2-18-17-19-12-13(21)14(22)15(23-16(12)24-17)11(20)9-8-10-6-4-3-5-7-10/h3-7,11-16,20-22H,2,8-9H2,1H3,(H,18,19). The number of hydrogen-bond donors (Lipinski definition) is 4. The number of nitrogens with zero attached hydrogens (tertiary/aromatic N) is 1. The highest BCUT2D eigenvalue weighted by Gasteiger charge is 2.50. The first-order valence-corrected chi connectivity index (χ1v) is 9.19. The summed E-state index contributed by atoms with van der Waals surface area (Å²) in [7, 11) is 0. The number of nitrogens with one attached hydrogen (secondary N) is 1. The first-order chi connectivity index (χ1) is 11.6. The zero-order valence-corrected chi connectivity index (χ0v) is 14.4. The molecule has 6 unspecified atom stereocenters. The van der Waals surface area contributed by atoms with Crippen LogP contribution in [0.4, 0.5) is 0 Å². The van der Waals surface area contributed by atoms with Crippen LogP contribution in [-0.2, 0) is 11.2 Å². The average Bonchev–Trinajstić information content (AvgIpc) is 3.00. The molecule has 0 amide bonds. The minimum atomic E-state index is -1.13. The molecular formula is C17H24N2O4S. The summed E-state index contributed by atoms with van der Waals surface area (Å²) in [6.45, 7) is 2.57. The summed E-state index contributed by atoms with van der Waals surface area (Å²) in [6, 6.07) is 9.45. The van der Waals surface area contributed by atoms with Crippen molar-refractivity contribution in [2.24, 2.45) is 4.99 Å². The van der Waals surface area contributed by atoms with Gasteiger partial charge < -0.3 is 25.4 Å². The smallest absolute Gasteiger partial charge is 0.159 e. The number of fused-ring (bicyclic) bond motifs is 1. The van der Waals surface area contributed by atoms with Crippen LogP contribution in [-0.4, -0.2) is 62.9 Å². The predicted octanol–water partition coefficient (Wildman–Crippen LogP) is 0.508. The fourth-order valence-electron chi connectivity index (χ4n) is 3.10. The molecule has 2 saturated heterocycles. The lowest BCUT2D eigenvalue weighted by molar-refractivity contribution is -0.188. The van der Waals surface area contributed by atoms with Crippen molar-refractivity contribution in [2.45, 2.75) is 55.7 Å². The lowest BCUT2D eigenvalue weighted by atomic mass is 9.92. The largest absolute Gasteiger partial charge is 0.390 e. The van der Waals surface area contributed by atoms with Gasteiger partial charge in [0.15, 0.2) is 5.17 Å². The Morgan fingerprint density at radius 1 is 1.25 bits per heavy atom. The molecule has 0 saturated carbocycles. The van der Waals surface area contributed by atoms with E-state index in [1.54, 1.807) is 0 Å². The molecule has 3 rings (SSSR count). The summed E-state index contributed by atoms with van der Waals surface area (Å²) < 4.78 is 5.88. The minimum absolute atomic E-state index is 0.356. The van der Waals surface area contributed by atoms with Gasteiger partial charge >= 0.3 is 0 Å². The molecule has 4 N–H and O–H groups in total. The van der Waals surface area contributed by atoms with Crippen LogP contribution in [0.2, 0.25) is 0 Å². The number of aryl methyl sites for hydroxylation is 1. The Labute approximate surface area is 145 Å². The zero-order chi connectivity index (χ0) is 17.1. The molecule has 24 heavy (non-hydrogen) atoms. The SMILES string of the molecule is CCN=C1NC2C(OC(C(O)CCc3ccccc3)C(O)C2O)S1. The van der Waals surface area contributed by atoms with Crippen molar-refractivity contribution in [3.8, 4) is 0 Å². The molecule has 0 bridgehead atoms. The second-order valence-electron chi connectivity index (χ2n) is 6.11. The second kappa shape index (κ2) is 7.84. The number of rotatable bonds is 5. The van der Waals surface area contributed by atoms with E-state index < -0.39 is 30.5 Å². The first-order valence-electron chi connectivity index (χ1n) is 8.31. The van der Waals surface area contributed by atoms with Gasteiger partial charge in [0.2, 0.25) is 0 Å². The van der Waals surface area contributed by atoms with Crippen LogP contribution in [0.3, 0.4) is 0 Å². The molecule has 2 heterocycles. The van der Waals surface area contributed by atoms with Gasteiger partial charge in [0.05, 0.1) is 12.1 Å². The molecule has 2 fully saturated rings. The summed E-state index contributed by atoms with van der Waals surface area (Å²) in [5.41, 5.74) is 0.764. The maximum atomic E-state index is 10.5. The Kier molecular flexibility index (Phi) is 5.78. The van der Waals surface area contributed by atoms with Crippen molar-refractivity contribution >= 4 is 16.9 Å². The Hall–Kier alpha value is -1.12. The van der Waals surface area contributed by atoms with Gasteiger partial charge in [0.1, 0.15) is 23.7 Å². The fourth-order valence-corrected chi connectivity index (χ4v) is 4.28. The summed E-state index contributed by atoms with van der Waals surface area (Å²) >= 11 is 1.40. The highest BCUT2D eigenvalue weighted by molar-refractivity contribution is 8.14.